The van der Waals surface area contributed by atoms with E-state index in [0.29, 0.717) is 6.10 Å². The van der Waals surface area contributed by atoms with Gasteiger partial charge in [0, 0.05) is 7.11 Å². The molecule has 1 aliphatic carbocycles. The number of methoxy groups -OCH3 is 1. The van der Waals surface area contributed by atoms with Gasteiger partial charge in [-0.05, 0) is 12.0 Å². The molecule has 11 heavy (non-hydrogen) atoms. The molecule has 1 heterocycles. The molecule has 2 aliphatic rings. The molecule has 1 saturated carbocycles. The van der Waals surface area contributed by atoms with Crippen LogP contribution in [-0.4, -0.2) is 18.8 Å². The first-order chi connectivity index (χ1) is 4.82. The van der Waals surface area contributed by atoms with Gasteiger partial charge in [0.15, 0.2) is 0 Å². The molecule has 0 amide bonds. The Balaban J connectivity index is 0.000000605. The van der Waals surface area contributed by atoms with Crippen LogP contribution in [0, 0.1) is 6.10 Å². The summed E-state index contributed by atoms with van der Waals surface area (Å²) in [5.74, 6) is 0. The Bertz CT molecular complexity index is 171. The Morgan fingerprint density at radius 3 is 2.73 bits per heavy atom. The second-order valence-corrected chi connectivity index (χ2v) is 2.81. The summed E-state index contributed by atoms with van der Waals surface area (Å²) in [5.41, 5.74) is -0.231. The smallest absolute Gasteiger partial charge is 0.564 e. The molecule has 2 rings (SSSR count). The van der Waals surface area contributed by atoms with Crippen molar-refractivity contribution in [2.75, 3.05) is 7.11 Å². The molecular formula is C8H11LiO2. The van der Waals surface area contributed by atoms with Gasteiger partial charge in [0.1, 0.15) is 0 Å². The predicted octanol–water partition coefficient (Wildman–Crippen LogP) is -1.71. The van der Waals surface area contributed by atoms with Crippen molar-refractivity contribution in [1.29, 1.82) is 0 Å². The van der Waals surface area contributed by atoms with Crippen LogP contribution in [0.5, 0.6) is 0 Å². The third-order valence-electron chi connectivity index (χ3n) is 2.39. The van der Waals surface area contributed by atoms with Gasteiger partial charge in [0.25, 0.3) is 0 Å². The molecule has 0 aromatic heterocycles. The van der Waals surface area contributed by atoms with Gasteiger partial charge in [-0.3, -0.25) is 0 Å². The maximum Gasteiger partial charge on any atom is 1.00 e. The van der Waals surface area contributed by atoms with Crippen molar-refractivity contribution in [3.63, 3.8) is 0 Å². The summed E-state index contributed by atoms with van der Waals surface area (Å²) in [6, 6.07) is 0. The SMILES string of the molecule is C=C[C@@]1(OC)CC[C@@H]2O[C-]21.[Li+]. The van der Waals surface area contributed by atoms with E-state index in [1.807, 2.05) is 6.08 Å². The molecule has 0 unspecified atom stereocenters. The molecule has 0 spiro atoms. The van der Waals surface area contributed by atoms with Crippen LogP contribution in [0.3, 0.4) is 0 Å². The van der Waals surface area contributed by atoms with Gasteiger partial charge in [-0.2, -0.15) is 0 Å². The van der Waals surface area contributed by atoms with Crippen molar-refractivity contribution in [2.24, 2.45) is 0 Å². The number of hydrogen-bond donors (Lipinski definition) is 0. The fourth-order valence-corrected chi connectivity index (χ4v) is 1.64. The van der Waals surface area contributed by atoms with E-state index in [1.54, 1.807) is 7.11 Å². The maximum absolute atomic E-state index is 5.32. The first-order valence-electron chi connectivity index (χ1n) is 3.55. The molecular weight excluding hydrogens is 135 g/mol. The fourth-order valence-electron chi connectivity index (χ4n) is 1.64. The van der Waals surface area contributed by atoms with Crippen LogP contribution in [0.2, 0.25) is 0 Å². The Hall–Kier alpha value is 0.257. The molecule has 0 bridgehead atoms. The van der Waals surface area contributed by atoms with E-state index in [0.717, 1.165) is 18.9 Å². The maximum atomic E-state index is 5.32. The van der Waals surface area contributed by atoms with Crippen LogP contribution in [0.4, 0.5) is 0 Å². The average molecular weight is 146 g/mol. The molecule has 2 fully saturated rings. The van der Waals surface area contributed by atoms with Gasteiger partial charge in [-0.15, -0.1) is 12.7 Å². The van der Waals surface area contributed by atoms with Gasteiger partial charge in [0.05, 0.1) is 0 Å². The van der Waals surface area contributed by atoms with Crippen molar-refractivity contribution in [3.8, 4) is 0 Å². The van der Waals surface area contributed by atoms with Gasteiger partial charge in [-0.1, -0.05) is 18.6 Å². The fraction of sp³-hybridized carbons (Fsp3) is 0.625. The van der Waals surface area contributed by atoms with E-state index >= 15 is 0 Å². The number of rotatable bonds is 2. The second-order valence-electron chi connectivity index (χ2n) is 2.81. The summed E-state index contributed by atoms with van der Waals surface area (Å²) in [7, 11) is 1.71. The molecule has 1 saturated heterocycles. The average Bonchev–Trinajstić information content (AvgIpc) is 2.68. The zero-order valence-corrected chi connectivity index (χ0v) is 7.09. The number of fused-ring (bicyclic) bond motifs is 1. The third-order valence-corrected chi connectivity index (χ3v) is 2.39. The minimum absolute atomic E-state index is 0. The standard InChI is InChI=1S/C8H11O2.Li/c1-3-8(9-2)5-4-6-7(8)10-6;/h3,6H,1,4-5H2,2H3;/q-1;+1/t6-,8+;/m0./s1. The number of ether oxygens (including phenoxy) is 2. The van der Waals surface area contributed by atoms with Gasteiger partial charge in [-0.25, -0.2) is 0 Å². The summed E-state index contributed by atoms with van der Waals surface area (Å²) < 4.78 is 10.6. The molecule has 0 aromatic carbocycles. The van der Waals surface area contributed by atoms with E-state index in [9.17, 15) is 0 Å². The number of epoxide rings is 1. The third kappa shape index (κ3) is 1.19. The molecule has 0 N–H and O–H groups in total. The quantitative estimate of drug-likeness (QED) is 0.200. The normalized spacial score (nSPS) is 41.0. The van der Waals surface area contributed by atoms with E-state index in [2.05, 4.69) is 6.58 Å². The second kappa shape index (κ2) is 2.95. The summed E-state index contributed by atoms with van der Waals surface area (Å²) >= 11 is 0. The first-order valence-corrected chi connectivity index (χ1v) is 3.55. The van der Waals surface area contributed by atoms with Crippen LogP contribution in [0.25, 0.3) is 0 Å². The minimum atomic E-state index is -0.231. The van der Waals surface area contributed by atoms with E-state index in [-0.39, 0.29) is 24.5 Å². The summed E-state index contributed by atoms with van der Waals surface area (Å²) in [6.07, 6.45) is 5.44. The van der Waals surface area contributed by atoms with Crippen LogP contribution in [-0.2, 0) is 9.47 Å². The van der Waals surface area contributed by atoms with Crippen molar-refractivity contribution >= 4 is 0 Å². The number of hydrogen-bond acceptors (Lipinski definition) is 2. The molecule has 2 atom stereocenters. The van der Waals surface area contributed by atoms with Crippen LogP contribution < -0.4 is 18.9 Å². The van der Waals surface area contributed by atoms with Crippen LogP contribution in [0.1, 0.15) is 12.8 Å². The van der Waals surface area contributed by atoms with Gasteiger partial charge >= 0.3 is 18.9 Å². The van der Waals surface area contributed by atoms with E-state index < -0.39 is 0 Å². The summed E-state index contributed by atoms with van der Waals surface area (Å²) in [5, 5.41) is 0. The molecule has 56 valence electrons. The first kappa shape index (κ1) is 9.35. The van der Waals surface area contributed by atoms with Crippen LogP contribution in [0.15, 0.2) is 12.7 Å². The molecule has 0 aromatic rings. The Kier molecular flexibility index (Phi) is 2.51. The Morgan fingerprint density at radius 2 is 2.55 bits per heavy atom. The van der Waals surface area contributed by atoms with E-state index in [4.69, 9.17) is 9.47 Å². The predicted molar refractivity (Wildman–Crippen MR) is 37.3 cm³/mol. The minimum Gasteiger partial charge on any atom is -0.564 e. The molecule has 1 aliphatic heterocycles. The van der Waals surface area contributed by atoms with Crippen molar-refractivity contribution < 1.29 is 28.3 Å². The Morgan fingerprint density at radius 1 is 1.82 bits per heavy atom. The monoisotopic (exact) mass is 146 g/mol. The van der Waals surface area contributed by atoms with Crippen molar-refractivity contribution in [3.05, 3.63) is 18.8 Å². The van der Waals surface area contributed by atoms with Crippen LogP contribution >= 0.6 is 0 Å². The van der Waals surface area contributed by atoms with Gasteiger partial charge < -0.3 is 9.47 Å². The summed E-state index contributed by atoms with van der Waals surface area (Å²) in [6.45, 7) is 3.74. The summed E-state index contributed by atoms with van der Waals surface area (Å²) in [4.78, 5) is 0. The van der Waals surface area contributed by atoms with Gasteiger partial charge in [0.2, 0.25) is 0 Å². The van der Waals surface area contributed by atoms with Crippen molar-refractivity contribution in [2.45, 2.75) is 24.5 Å². The molecule has 3 heteroatoms. The topological polar surface area (TPSA) is 21.8 Å². The largest absolute Gasteiger partial charge is 1.00 e. The van der Waals surface area contributed by atoms with Crippen molar-refractivity contribution in [1.82, 2.24) is 0 Å². The van der Waals surface area contributed by atoms with E-state index in [1.165, 1.54) is 0 Å². The molecule has 0 radical (unpaired) electrons. The Labute approximate surface area is 79.1 Å². The zero-order chi connectivity index (χ0) is 7.19. The molecule has 2 nitrogen and oxygen atoms in total. The zero-order valence-electron chi connectivity index (χ0n) is 7.09.